The van der Waals surface area contributed by atoms with Crippen LogP contribution in [0.25, 0.3) is 0 Å². The third-order valence-corrected chi connectivity index (χ3v) is 6.42. The summed E-state index contributed by atoms with van der Waals surface area (Å²) in [5, 5.41) is 0.166. The Morgan fingerprint density at radius 1 is 0.773 bits per heavy atom. The third-order valence-electron chi connectivity index (χ3n) is 6.42. The van der Waals surface area contributed by atoms with E-state index in [2.05, 4.69) is 63.4 Å². The van der Waals surface area contributed by atoms with Crippen molar-refractivity contribution in [2.45, 2.75) is 24.3 Å². The minimum atomic E-state index is 0.0528. The lowest BCUT2D eigenvalue weighted by Gasteiger charge is -2.45. The zero-order chi connectivity index (χ0) is 16.2. The van der Waals surface area contributed by atoms with E-state index in [0.29, 0.717) is 0 Å². The first-order chi connectivity index (χ1) is 10.2. The van der Waals surface area contributed by atoms with Crippen molar-refractivity contribution in [2.75, 3.05) is 0 Å². The van der Waals surface area contributed by atoms with Crippen LogP contribution in [-0.2, 0) is 10.4 Å². The normalized spacial score (nSPS) is 20.3. The van der Waals surface area contributed by atoms with Crippen molar-refractivity contribution in [3.05, 3.63) is 59.7 Å². The fourth-order valence-corrected chi connectivity index (χ4v) is 3.83. The van der Waals surface area contributed by atoms with Crippen molar-refractivity contribution in [3.63, 3.8) is 0 Å². The molecule has 1 nitrogen and oxygen atoms in total. The van der Waals surface area contributed by atoms with Gasteiger partial charge in [0, 0.05) is 0 Å². The average Bonchev–Trinajstić information content (AvgIpc) is 2.57. The molecule has 22 heavy (non-hydrogen) atoms. The first-order valence-corrected chi connectivity index (χ1v) is 8.06. The number of para-hydroxylation sites is 1. The Labute approximate surface area is 137 Å². The van der Waals surface area contributed by atoms with Gasteiger partial charge in [0.15, 0.2) is 0 Å². The van der Waals surface area contributed by atoms with Gasteiger partial charge >= 0.3 is 0 Å². The Kier molecular flexibility index (Phi) is 3.32. The predicted molar refractivity (Wildman–Crippen MR) is 104 cm³/mol. The van der Waals surface area contributed by atoms with Crippen LogP contribution in [0.2, 0.25) is 0 Å². The first-order valence-electron chi connectivity index (χ1n) is 8.06. The zero-order valence-corrected chi connectivity index (χ0v) is 14.5. The molecule has 2 aromatic rings. The lowest BCUT2D eigenvalue weighted by Crippen LogP contribution is -2.50. The Balaban J connectivity index is 2.17. The number of hydrogen-bond donors (Lipinski definition) is 0. The van der Waals surface area contributed by atoms with Crippen molar-refractivity contribution in [3.8, 4) is 11.5 Å². The number of rotatable bonds is 2. The van der Waals surface area contributed by atoms with Gasteiger partial charge in [-0.05, 0) is 29.2 Å². The largest absolute Gasteiger partial charge is 0.457 e. The molecule has 5 heteroatoms. The minimum Gasteiger partial charge on any atom is -0.457 e. The monoisotopic (exact) mass is 286 g/mol. The van der Waals surface area contributed by atoms with Crippen LogP contribution in [0.15, 0.2) is 48.5 Å². The molecule has 0 aliphatic heterocycles. The summed E-state index contributed by atoms with van der Waals surface area (Å²) in [7, 11) is 9.40. The summed E-state index contributed by atoms with van der Waals surface area (Å²) < 4.78 is 6.24. The summed E-state index contributed by atoms with van der Waals surface area (Å²) in [4.78, 5) is 0. The molecule has 0 radical (unpaired) electrons. The summed E-state index contributed by atoms with van der Waals surface area (Å²) in [5.74, 6) is 1.89. The fourth-order valence-electron chi connectivity index (χ4n) is 3.83. The molecule has 0 heterocycles. The average molecular weight is 286 g/mol. The van der Waals surface area contributed by atoms with Crippen LogP contribution in [0.1, 0.15) is 25.0 Å². The van der Waals surface area contributed by atoms with Gasteiger partial charge in [-0.3, -0.25) is 0 Å². The van der Waals surface area contributed by atoms with E-state index in [-0.39, 0.29) is 15.8 Å². The highest BCUT2D eigenvalue weighted by atomic mass is 16.5. The van der Waals surface area contributed by atoms with Crippen LogP contribution >= 0.6 is 0 Å². The second-order valence-corrected chi connectivity index (χ2v) is 7.97. The van der Waals surface area contributed by atoms with Gasteiger partial charge in [0.25, 0.3) is 0 Å². The molecule has 3 rings (SSSR count). The highest BCUT2D eigenvalue weighted by Gasteiger charge is 2.56. The molecule has 0 saturated carbocycles. The Morgan fingerprint density at radius 3 is 2.05 bits per heavy atom. The van der Waals surface area contributed by atoms with Crippen molar-refractivity contribution in [1.29, 1.82) is 0 Å². The van der Waals surface area contributed by atoms with E-state index in [9.17, 15) is 0 Å². The highest BCUT2D eigenvalue weighted by Crippen LogP contribution is 2.58. The predicted octanol–water partition coefficient (Wildman–Crippen LogP) is 0.357. The van der Waals surface area contributed by atoms with Crippen molar-refractivity contribution >= 4 is 31.4 Å². The van der Waals surface area contributed by atoms with Gasteiger partial charge in [0.1, 0.15) is 42.9 Å². The van der Waals surface area contributed by atoms with Gasteiger partial charge in [-0.1, -0.05) is 60.2 Å². The summed E-state index contributed by atoms with van der Waals surface area (Å²) >= 11 is 0. The van der Waals surface area contributed by atoms with Gasteiger partial charge in [-0.25, -0.2) is 0 Å². The maximum absolute atomic E-state index is 6.24. The van der Waals surface area contributed by atoms with Crippen LogP contribution in [0, 0.1) is 5.41 Å². The van der Waals surface area contributed by atoms with Gasteiger partial charge in [-0.15, -0.1) is 0 Å². The van der Waals surface area contributed by atoms with Gasteiger partial charge in [0.05, 0.1) is 0 Å². The van der Waals surface area contributed by atoms with E-state index in [1.54, 1.807) is 0 Å². The van der Waals surface area contributed by atoms with Gasteiger partial charge in [0.2, 0.25) is 0 Å². The highest BCUT2D eigenvalue weighted by molar-refractivity contribution is 6.48. The van der Waals surface area contributed by atoms with E-state index in [0.717, 1.165) is 11.5 Å². The van der Waals surface area contributed by atoms with Crippen molar-refractivity contribution in [2.24, 2.45) is 5.41 Å². The Bertz CT molecular complexity index is 708. The molecule has 0 N–H and O–H groups in total. The van der Waals surface area contributed by atoms with Gasteiger partial charge < -0.3 is 4.74 Å². The number of fused-ring (bicyclic) bond motifs is 1. The SMILES string of the molecule is BC1(B)c2cccc(Oc3ccccc3)c2C(B)(B)C1(C)C. The molecule has 1 aliphatic rings. The molecule has 108 valence electrons. The smallest absolute Gasteiger partial charge is 0.129 e. The van der Waals surface area contributed by atoms with Crippen LogP contribution in [0.3, 0.4) is 0 Å². The standard InChI is InChI=1S/C17H22B4O/c1-15(2)16(18,19)12-9-6-10-13(14(12)17(15,20)21)22-11-7-4-3-5-8-11/h3-10H,18-21H2,1-2H3. The van der Waals surface area contributed by atoms with Gasteiger partial charge in [-0.2, -0.15) is 0 Å². The first kappa shape index (κ1) is 15.4. The molecule has 2 aromatic carbocycles. The molecule has 0 unspecified atom stereocenters. The number of ether oxygens (including phenoxy) is 1. The van der Waals surface area contributed by atoms with Crippen molar-refractivity contribution in [1.82, 2.24) is 0 Å². The summed E-state index contributed by atoms with van der Waals surface area (Å²) in [5.41, 5.74) is 2.92. The quantitative estimate of drug-likeness (QED) is 0.724. The lowest BCUT2D eigenvalue weighted by molar-refractivity contribution is 0.303. The molecule has 0 amide bonds. The number of benzene rings is 2. The van der Waals surface area contributed by atoms with Crippen LogP contribution in [0.4, 0.5) is 0 Å². The summed E-state index contributed by atoms with van der Waals surface area (Å²) in [6, 6.07) is 16.5. The lowest BCUT2D eigenvalue weighted by atomic mass is 9.33. The fraction of sp³-hybridized carbons (Fsp3) is 0.294. The molecular weight excluding hydrogens is 263 g/mol. The molecule has 0 spiro atoms. The molecule has 0 atom stereocenters. The molecule has 0 aromatic heterocycles. The Hall–Kier alpha value is -1.50. The molecule has 1 aliphatic carbocycles. The molecular formula is C17H22B4O. The van der Waals surface area contributed by atoms with E-state index in [1.807, 2.05) is 30.3 Å². The van der Waals surface area contributed by atoms with E-state index < -0.39 is 0 Å². The number of hydrogen-bond acceptors (Lipinski definition) is 1. The van der Waals surface area contributed by atoms with Crippen LogP contribution in [-0.4, -0.2) is 31.4 Å². The summed E-state index contributed by atoms with van der Waals surface area (Å²) in [6.45, 7) is 4.75. The third kappa shape index (κ3) is 1.91. The molecule has 0 saturated heterocycles. The molecule has 0 fully saturated rings. The van der Waals surface area contributed by atoms with E-state index in [4.69, 9.17) is 4.74 Å². The van der Waals surface area contributed by atoms with E-state index in [1.165, 1.54) is 11.1 Å². The summed E-state index contributed by atoms with van der Waals surface area (Å²) in [6.07, 6.45) is 0. The van der Waals surface area contributed by atoms with Crippen LogP contribution in [0.5, 0.6) is 11.5 Å². The minimum absolute atomic E-state index is 0.0528. The maximum atomic E-state index is 6.24. The second-order valence-electron chi connectivity index (χ2n) is 7.97. The second kappa shape index (κ2) is 4.75. The Morgan fingerprint density at radius 2 is 1.41 bits per heavy atom. The molecule has 0 bridgehead atoms. The maximum Gasteiger partial charge on any atom is 0.129 e. The van der Waals surface area contributed by atoms with E-state index >= 15 is 0 Å². The van der Waals surface area contributed by atoms with Crippen LogP contribution < -0.4 is 4.74 Å². The zero-order valence-electron chi connectivity index (χ0n) is 14.5. The van der Waals surface area contributed by atoms with Crippen molar-refractivity contribution < 1.29 is 4.74 Å². The topological polar surface area (TPSA) is 9.23 Å².